The molecule has 0 spiro atoms. The van der Waals surface area contributed by atoms with Crippen molar-refractivity contribution >= 4 is 11.8 Å². The summed E-state index contributed by atoms with van der Waals surface area (Å²) in [5.41, 5.74) is 0.870. The zero-order valence-electron chi connectivity index (χ0n) is 18.0. The highest BCUT2D eigenvalue weighted by atomic mass is 16.5. The van der Waals surface area contributed by atoms with E-state index in [0.29, 0.717) is 30.2 Å². The molecule has 162 valence electrons. The summed E-state index contributed by atoms with van der Waals surface area (Å²) in [5, 5.41) is 2.81. The van der Waals surface area contributed by atoms with Crippen molar-refractivity contribution in [2.45, 2.75) is 32.9 Å². The Labute approximate surface area is 177 Å². The van der Waals surface area contributed by atoms with Gasteiger partial charge in [0.2, 0.25) is 5.91 Å². The first-order valence-corrected chi connectivity index (χ1v) is 9.99. The molecule has 2 amide bonds. The molecule has 0 unspecified atom stereocenters. The second-order valence-electron chi connectivity index (χ2n) is 6.66. The van der Waals surface area contributed by atoms with Crippen LogP contribution in [0.2, 0.25) is 0 Å². The van der Waals surface area contributed by atoms with E-state index in [0.717, 1.165) is 5.56 Å². The standard InChI is InChI=1S/C23H30N2O5/c1-5-21(23(27)24-6-2)25(15-17-8-7-9-20(14-17)29-4)22(26)16-30-19-12-10-18(28-3)11-13-19/h7-14,21H,5-6,15-16H2,1-4H3,(H,24,27)/t21-/m1/s1. The van der Waals surface area contributed by atoms with E-state index in [4.69, 9.17) is 14.2 Å². The number of hydrogen-bond acceptors (Lipinski definition) is 5. The first-order valence-electron chi connectivity index (χ1n) is 9.99. The monoisotopic (exact) mass is 414 g/mol. The molecule has 1 atom stereocenters. The van der Waals surface area contributed by atoms with Crippen LogP contribution in [0.25, 0.3) is 0 Å². The number of nitrogens with zero attached hydrogens (tertiary/aromatic N) is 1. The minimum Gasteiger partial charge on any atom is -0.497 e. The van der Waals surface area contributed by atoms with E-state index >= 15 is 0 Å². The zero-order valence-corrected chi connectivity index (χ0v) is 18.0. The third kappa shape index (κ3) is 6.40. The number of ether oxygens (including phenoxy) is 3. The predicted octanol–water partition coefficient (Wildman–Crippen LogP) is 3.03. The lowest BCUT2D eigenvalue weighted by atomic mass is 10.1. The molecule has 0 heterocycles. The lowest BCUT2D eigenvalue weighted by molar-refractivity contribution is -0.142. The van der Waals surface area contributed by atoms with Crippen LogP contribution in [-0.4, -0.2) is 50.1 Å². The van der Waals surface area contributed by atoms with Crippen LogP contribution in [-0.2, 0) is 16.1 Å². The first-order chi connectivity index (χ1) is 14.5. The zero-order chi connectivity index (χ0) is 21.9. The first kappa shape index (κ1) is 23.1. The molecule has 0 radical (unpaired) electrons. The number of methoxy groups -OCH3 is 2. The summed E-state index contributed by atoms with van der Waals surface area (Å²) in [5.74, 6) is 1.50. The molecule has 30 heavy (non-hydrogen) atoms. The number of amides is 2. The van der Waals surface area contributed by atoms with Gasteiger partial charge >= 0.3 is 0 Å². The molecule has 2 aromatic rings. The maximum Gasteiger partial charge on any atom is 0.261 e. The molecule has 1 N–H and O–H groups in total. The van der Waals surface area contributed by atoms with Gasteiger partial charge in [0.25, 0.3) is 5.91 Å². The fourth-order valence-corrected chi connectivity index (χ4v) is 3.08. The van der Waals surface area contributed by atoms with Crippen LogP contribution >= 0.6 is 0 Å². The fourth-order valence-electron chi connectivity index (χ4n) is 3.08. The number of nitrogens with one attached hydrogen (secondary N) is 1. The largest absolute Gasteiger partial charge is 0.497 e. The van der Waals surface area contributed by atoms with Crippen molar-refractivity contribution in [1.29, 1.82) is 0 Å². The second kappa shape index (κ2) is 11.7. The van der Waals surface area contributed by atoms with Crippen LogP contribution in [0.15, 0.2) is 48.5 Å². The molecule has 7 nitrogen and oxygen atoms in total. The summed E-state index contributed by atoms with van der Waals surface area (Å²) < 4.78 is 16.1. The second-order valence-corrected chi connectivity index (χ2v) is 6.66. The van der Waals surface area contributed by atoms with Gasteiger partial charge in [-0.3, -0.25) is 9.59 Å². The predicted molar refractivity (Wildman–Crippen MR) is 115 cm³/mol. The summed E-state index contributed by atoms with van der Waals surface area (Å²) in [6.07, 6.45) is 0.490. The third-order valence-electron chi connectivity index (χ3n) is 4.65. The minimum atomic E-state index is -0.594. The Morgan fingerprint density at radius 1 is 0.967 bits per heavy atom. The Balaban J connectivity index is 2.18. The van der Waals surface area contributed by atoms with E-state index in [1.807, 2.05) is 38.1 Å². The summed E-state index contributed by atoms with van der Waals surface area (Å²) in [6, 6.07) is 13.9. The number of carbonyl (C=O) groups is 2. The van der Waals surface area contributed by atoms with Crippen molar-refractivity contribution in [2.75, 3.05) is 27.4 Å². The van der Waals surface area contributed by atoms with Gasteiger partial charge < -0.3 is 24.4 Å². The van der Waals surface area contributed by atoms with E-state index in [1.54, 1.807) is 43.4 Å². The lowest BCUT2D eigenvalue weighted by Crippen LogP contribution is -2.50. The van der Waals surface area contributed by atoms with Crippen LogP contribution in [0.5, 0.6) is 17.2 Å². The molecule has 2 rings (SSSR count). The van der Waals surface area contributed by atoms with E-state index in [9.17, 15) is 9.59 Å². The highest BCUT2D eigenvalue weighted by Gasteiger charge is 2.28. The summed E-state index contributed by atoms with van der Waals surface area (Å²) >= 11 is 0. The summed E-state index contributed by atoms with van der Waals surface area (Å²) in [6.45, 7) is 4.34. The van der Waals surface area contributed by atoms with Crippen molar-refractivity contribution in [3.8, 4) is 17.2 Å². The van der Waals surface area contributed by atoms with Crippen molar-refractivity contribution in [2.24, 2.45) is 0 Å². The van der Waals surface area contributed by atoms with Crippen LogP contribution < -0.4 is 19.5 Å². The summed E-state index contributed by atoms with van der Waals surface area (Å²) in [4.78, 5) is 27.2. The Morgan fingerprint density at radius 3 is 2.23 bits per heavy atom. The molecule has 2 aromatic carbocycles. The van der Waals surface area contributed by atoms with Gasteiger partial charge in [0, 0.05) is 13.1 Å². The Kier molecular flexibility index (Phi) is 9.00. The fraction of sp³-hybridized carbons (Fsp3) is 0.391. The van der Waals surface area contributed by atoms with Gasteiger partial charge in [-0.15, -0.1) is 0 Å². The number of benzene rings is 2. The maximum absolute atomic E-state index is 13.1. The Morgan fingerprint density at radius 2 is 1.63 bits per heavy atom. The van der Waals surface area contributed by atoms with Gasteiger partial charge in [0.1, 0.15) is 23.3 Å². The minimum absolute atomic E-state index is 0.174. The number of likely N-dealkylation sites (N-methyl/N-ethyl adjacent to an activating group) is 1. The van der Waals surface area contributed by atoms with Gasteiger partial charge in [0.15, 0.2) is 6.61 Å². The summed E-state index contributed by atoms with van der Waals surface area (Å²) in [7, 11) is 3.18. The lowest BCUT2D eigenvalue weighted by Gasteiger charge is -2.30. The molecule has 0 saturated heterocycles. The molecule has 0 aliphatic rings. The van der Waals surface area contributed by atoms with Crippen molar-refractivity contribution in [3.63, 3.8) is 0 Å². The van der Waals surface area contributed by atoms with Crippen molar-refractivity contribution in [1.82, 2.24) is 10.2 Å². The Bertz CT molecular complexity index is 823. The molecule has 0 aliphatic carbocycles. The quantitative estimate of drug-likeness (QED) is 0.612. The van der Waals surface area contributed by atoms with Crippen LogP contribution in [0.1, 0.15) is 25.8 Å². The molecule has 7 heteroatoms. The van der Waals surface area contributed by atoms with Crippen LogP contribution in [0.3, 0.4) is 0 Å². The van der Waals surface area contributed by atoms with Gasteiger partial charge in [0.05, 0.1) is 14.2 Å². The van der Waals surface area contributed by atoms with Gasteiger partial charge in [-0.25, -0.2) is 0 Å². The van der Waals surface area contributed by atoms with Crippen LogP contribution in [0, 0.1) is 0 Å². The smallest absolute Gasteiger partial charge is 0.261 e. The number of rotatable bonds is 11. The normalized spacial score (nSPS) is 11.3. The topological polar surface area (TPSA) is 77.1 Å². The van der Waals surface area contributed by atoms with E-state index in [2.05, 4.69) is 5.32 Å². The average molecular weight is 415 g/mol. The molecule has 0 fully saturated rings. The molecule has 0 aliphatic heterocycles. The molecule has 0 aromatic heterocycles. The number of hydrogen-bond donors (Lipinski definition) is 1. The highest BCUT2D eigenvalue weighted by molar-refractivity contribution is 5.88. The maximum atomic E-state index is 13.1. The Hall–Kier alpha value is -3.22. The number of carbonyl (C=O) groups excluding carboxylic acids is 2. The van der Waals surface area contributed by atoms with E-state index < -0.39 is 6.04 Å². The van der Waals surface area contributed by atoms with Crippen molar-refractivity contribution in [3.05, 3.63) is 54.1 Å². The molecule has 0 bridgehead atoms. The van der Waals surface area contributed by atoms with E-state index in [1.165, 1.54) is 0 Å². The van der Waals surface area contributed by atoms with Gasteiger partial charge in [-0.2, -0.15) is 0 Å². The van der Waals surface area contributed by atoms with Crippen molar-refractivity contribution < 1.29 is 23.8 Å². The third-order valence-corrected chi connectivity index (χ3v) is 4.65. The average Bonchev–Trinajstić information content (AvgIpc) is 2.78. The molecule has 0 saturated carbocycles. The highest BCUT2D eigenvalue weighted by Crippen LogP contribution is 2.19. The van der Waals surface area contributed by atoms with Gasteiger partial charge in [-0.1, -0.05) is 19.1 Å². The van der Waals surface area contributed by atoms with Crippen LogP contribution in [0.4, 0.5) is 0 Å². The SMILES string of the molecule is CCNC(=O)[C@@H](CC)N(Cc1cccc(OC)c1)C(=O)COc1ccc(OC)cc1. The molecular formula is C23H30N2O5. The van der Waals surface area contributed by atoms with Gasteiger partial charge in [-0.05, 0) is 55.3 Å². The van der Waals surface area contributed by atoms with E-state index in [-0.39, 0.29) is 25.0 Å². The molecular weight excluding hydrogens is 384 g/mol.